The van der Waals surface area contributed by atoms with Crippen molar-refractivity contribution < 1.29 is 24.3 Å². The highest BCUT2D eigenvalue weighted by atomic mass is 35.5. The van der Waals surface area contributed by atoms with Crippen molar-refractivity contribution in [3.63, 3.8) is 0 Å². The number of carbonyl (C=O) groups excluding carboxylic acids is 2. The van der Waals surface area contributed by atoms with E-state index < -0.39 is 23.0 Å². The highest BCUT2D eigenvalue weighted by Crippen LogP contribution is 2.24. The van der Waals surface area contributed by atoms with Crippen LogP contribution >= 0.6 is 23.2 Å². The van der Waals surface area contributed by atoms with Gasteiger partial charge in [0.25, 0.3) is 5.09 Å². The van der Waals surface area contributed by atoms with E-state index in [0.717, 1.165) is 0 Å². The Labute approximate surface area is 174 Å². The Morgan fingerprint density at radius 1 is 1.10 bits per heavy atom. The molecule has 29 heavy (non-hydrogen) atoms. The fourth-order valence-electron chi connectivity index (χ4n) is 2.14. The van der Waals surface area contributed by atoms with Crippen LogP contribution in [0, 0.1) is 15.5 Å². The molecule has 2 rings (SSSR count). The summed E-state index contributed by atoms with van der Waals surface area (Å²) in [5, 5.41) is 21.7. The van der Waals surface area contributed by atoms with Crippen molar-refractivity contribution in [2.24, 2.45) is 0 Å². The number of rotatable bonds is 6. The first-order chi connectivity index (χ1) is 13.7. The minimum Gasteiger partial charge on any atom is -0.410 e. The van der Waals surface area contributed by atoms with E-state index in [1.54, 1.807) is 18.2 Å². The maximum atomic E-state index is 12.0. The van der Waals surface area contributed by atoms with Crippen molar-refractivity contribution in [3.8, 4) is 5.75 Å². The van der Waals surface area contributed by atoms with Crippen molar-refractivity contribution in [1.82, 2.24) is 10.6 Å². The molecule has 3 N–H and O–H groups in total. The highest BCUT2D eigenvalue weighted by Gasteiger charge is 2.14. The molecule has 0 atom stereocenters. The van der Waals surface area contributed by atoms with E-state index in [1.165, 1.54) is 24.3 Å². The highest BCUT2D eigenvalue weighted by molar-refractivity contribution is 6.36. The molecule has 10 nitrogen and oxygen atoms in total. The van der Waals surface area contributed by atoms with Crippen LogP contribution in [0.15, 0.2) is 42.5 Å². The van der Waals surface area contributed by atoms with Crippen LogP contribution in [0.3, 0.4) is 0 Å². The smallest absolute Gasteiger partial charge is 0.410 e. The maximum absolute atomic E-state index is 12.0. The van der Waals surface area contributed by atoms with E-state index in [-0.39, 0.29) is 18.8 Å². The van der Waals surface area contributed by atoms with Gasteiger partial charge in [-0.25, -0.2) is 4.79 Å². The molecule has 0 aliphatic heterocycles. The number of carbonyl (C=O) groups is 2. The Balaban J connectivity index is 1.86. The van der Waals surface area contributed by atoms with Crippen molar-refractivity contribution in [2.45, 2.75) is 13.0 Å². The molecule has 0 unspecified atom stereocenters. The zero-order valence-corrected chi connectivity index (χ0v) is 16.1. The standard InChI is InChI=1S/C17H14Cl2N4O6/c18-13-5-2-6-14(19)12(13)8-15(24)21-16(20)22-17(25)29-11-4-1-3-10(7-11)9-28-23(26)27/h1-7H,8-9H2,(H3,20,21,22,24,25). The second kappa shape index (κ2) is 10.2. The lowest BCUT2D eigenvalue weighted by Gasteiger charge is -2.10. The minimum atomic E-state index is -1.04. The monoisotopic (exact) mass is 440 g/mol. The molecular weight excluding hydrogens is 427 g/mol. The third-order valence-corrected chi connectivity index (χ3v) is 4.04. The van der Waals surface area contributed by atoms with Gasteiger partial charge >= 0.3 is 6.09 Å². The van der Waals surface area contributed by atoms with Crippen LogP contribution in [0.25, 0.3) is 0 Å². The predicted molar refractivity (Wildman–Crippen MR) is 103 cm³/mol. The van der Waals surface area contributed by atoms with Crippen molar-refractivity contribution in [1.29, 1.82) is 5.41 Å². The number of ether oxygens (including phenoxy) is 1. The largest absolute Gasteiger partial charge is 0.419 e. The van der Waals surface area contributed by atoms with Crippen molar-refractivity contribution >= 4 is 41.2 Å². The summed E-state index contributed by atoms with van der Waals surface area (Å²) >= 11 is 12.0. The average molecular weight is 441 g/mol. The molecule has 0 bridgehead atoms. The average Bonchev–Trinajstić information content (AvgIpc) is 2.63. The molecule has 0 aliphatic carbocycles. The van der Waals surface area contributed by atoms with Crippen LogP contribution in [-0.2, 0) is 22.7 Å². The molecule has 0 spiro atoms. The lowest BCUT2D eigenvalue weighted by Crippen LogP contribution is -2.44. The van der Waals surface area contributed by atoms with E-state index in [4.69, 9.17) is 33.3 Å². The number of benzene rings is 2. The Kier molecular flexibility index (Phi) is 7.75. The first kappa shape index (κ1) is 21.9. The summed E-state index contributed by atoms with van der Waals surface area (Å²) in [5.74, 6) is -1.17. The first-order valence-electron chi connectivity index (χ1n) is 7.91. The summed E-state index contributed by atoms with van der Waals surface area (Å²) in [7, 11) is 0. The third-order valence-electron chi connectivity index (χ3n) is 3.34. The quantitative estimate of drug-likeness (QED) is 0.272. The number of hydrogen-bond acceptors (Lipinski definition) is 7. The molecule has 0 saturated heterocycles. The summed E-state index contributed by atoms with van der Waals surface area (Å²) in [5.41, 5.74) is 0.782. The zero-order valence-electron chi connectivity index (χ0n) is 14.6. The number of halogens is 2. The van der Waals surface area contributed by atoms with Gasteiger partial charge in [-0.2, -0.15) is 0 Å². The molecule has 2 aromatic carbocycles. The van der Waals surface area contributed by atoms with Gasteiger partial charge in [0.2, 0.25) is 11.9 Å². The van der Waals surface area contributed by atoms with Crippen molar-refractivity contribution in [3.05, 3.63) is 73.8 Å². The second-order valence-electron chi connectivity index (χ2n) is 5.46. The van der Waals surface area contributed by atoms with Crippen LogP contribution in [0.5, 0.6) is 5.75 Å². The van der Waals surface area contributed by atoms with E-state index in [0.29, 0.717) is 21.2 Å². The normalized spacial score (nSPS) is 10.0. The van der Waals surface area contributed by atoms with Crippen LogP contribution in [0.1, 0.15) is 11.1 Å². The molecule has 2 amide bonds. The summed E-state index contributed by atoms with van der Waals surface area (Å²) in [6.45, 7) is -0.317. The summed E-state index contributed by atoms with van der Waals surface area (Å²) in [6.07, 6.45) is -1.24. The lowest BCUT2D eigenvalue weighted by molar-refractivity contribution is -0.763. The van der Waals surface area contributed by atoms with Gasteiger partial charge in [0, 0.05) is 10.0 Å². The molecule has 0 radical (unpaired) electrons. The SMILES string of the molecule is N=C(NC(=O)Cc1c(Cl)cccc1Cl)NC(=O)Oc1cccc(CO[N+](=O)[O-])c1. The Morgan fingerprint density at radius 3 is 2.41 bits per heavy atom. The molecule has 0 saturated carbocycles. The second-order valence-corrected chi connectivity index (χ2v) is 6.27. The number of amides is 2. The van der Waals surface area contributed by atoms with Gasteiger partial charge in [-0.05, 0) is 35.4 Å². The Morgan fingerprint density at radius 2 is 1.76 bits per heavy atom. The molecule has 0 aromatic heterocycles. The minimum absolute atomic E-state index is 0.0638. The van der Waals surface area contributed by atoms with Gasteiger partial charge in [-0.3, -0.25) is 20.8 Å². The van der Waals surface area contributed by atoms with Gasteiger partial charge in [0.05, 0.1) is 6.42 Å². The van der Waals surface area contributed by atoms with Gasteiger partial charge < -0.3 is 9.57 Å². The first-order valence-corrected chi connectivity index (χ1v) is 8.66. The fraction of sp³-hybridized carbons (Fsp3) is 0.118. The summed E-state index contributed by atoms with van der Waals surface area (Å²) in [6, 6.07) is 10.6. The molecule has 152 valence electrons. The molecule has 12 heteroatoms. The zero-order chi connectivity index (χ0) is 21.4. The van der Waals surface area contributed by atoms with E-state index in [2.05, 4.69) is 10.2 Å². The van der Waals surface area contributed by atoms with E-state index in [9.17, 15) is 19.7 Å². The van der Waals surface area contributed by atoms with Gasteiger partial charge in [-0.1, -0.05) is 41.4 Å². The third kappa shape index (κ3) is 7.28. The van der Waals surface area contributed by atoms with Crippen LogP contribution in [-0.4, -0.2) is 23.0 Å². The van der Waals surface area contributed by atoms with Crippen molar-refractivity contribution in [2.75, 3.05) is 0 Å². The van der Waals surface area contributed by atoms with E-state index >= 15 is 0 Å². The summed E-state index contributed by atoms with van der Waals surface area (Å²) in [4.78, 5) is 38.3. The number of hydrogen-bond donors (Lipinski definition) is 3. The van der Waals surface area contributed by atoms with Crippen LogP contribution in [0.4, 0.5) is 4.79 Å². The number of guanidine groups is 1. The molecule has 2 aromatic rings. The van der Waals surface area contributed by atoms with Crippen LogP contribution in [0.2, 0.25) is 10.0 Å². The Hall–Kier alpha value is -3.37. The molecule has 0 aliphatic rings. The van der Waals surface area contributed by atoms with E-state index in [1.807, 2.05) is 5.32 Å². The predicted octanol–water partition coefficient (Wildman–Crippen LogP) is 3.08. The van der Waals surface area contributed by atoms with Gasteiger partial charge in [0.1, 0.15) is 12.4 Å². The summed E-state index contributed by atoms with van der Waals surface area (Å²) < 4.78 is 4.96. The maximum Gasteiger partial charge on any atom is 0.419 e. The Bertz CT molecular complexity index is 933. The number of nitrogens with one attached hydrogen (secondary N) is 3. The number of nitrogens with zero attached hydrogens (tertiary/aromatic N) is 1. The lowest BCUT2D eigenvalue weighted by atomic mass is 10.1. The van der Waals surface area contributed by atoms with Gasteiger partial charge in [-0.15, -0.1) is 10.1 Å². The fourth-order valence-corrected chi connectivity index (χ4v) is 2.67. The molecular formula is C17H14Cl2N4O6. The van der Waals surface area contributed by atoms with Crippen LogP contribution < -0.4 is 15.4 Å². The topological polar surface area (TPSA) is 144 Å². The molecule has 0 heterocycles. The molecule has 0 fully saturated rings. The van der Waals surface area contributed by atoms with Gasteiger partial charge in [0.15, 0.2) is 0 Å².